The number of anilines is 2. The Morgan fingerprint density at radius 1 is 1.07 bits per heavy atom. The molecule has 6 heteroatoms. The monoisotopic (exact) mass is 384 g/mol. The predicted molar refractivity (Wildman–Crippen MR) is 110 cm³/mol. The SMILES string of the molecule is O=C(Nc1cccc(Cl)c1)c1ccnc(N2CCC(N3CCCC3)CC2)c1. The summed E-state index contributed by atoms with van der Waals surface area (Å²) in [5.74, 6) is 0.737. The fourth-order valence-corrected chi connectivity index (χ4v) is 4.26. The molecule has 5 nitrogen and oxygen atoms in total. The minimum atomic E-state index is -0.145. The molecule has 2 fully saturated rings. The highest BCUT2D eigenvalue weighted by Gasteiger charge is 2.27. The van der Waals surface area contributed by atoms with Crippen molar-refractivity contribution in [2.45, 2.75) is 31.7 Å². The van der Waals surface area contributed by atoms with Crippen LogP contribution in [0.2, 0.25) is 5.02 Å². The molecule has 0 radical (unpaired) electrons. The summed E-state index contributed by atoms with van der Waals surface area (Å²) in [5.41, 5.74) is 1.30. The number of likely N-dealkylation sites (tertiary alicyclic amines) is 1. The van der Waals surface area contributed by atoms with Crippen molar-refractivity contribution < 1.29 is 4.79 Å². The smallest absolute Gasteiger partial charge is 0.255 e. The van der Waals surface area contributed by atoms with Crippen LogP contribution in [0.3, 0.4) is 0 Å². The number of rotatable bonds is 4. The summed E-state index contributed by atoms with van der Waals surface area (Å²) in [5, 5.41) is 3.50. The van der Waals surface area contributed by atoms with Crippen LogP contribution in [0.15, 0.2) is 42.6 Å². The molecule has 2 saturated heterocycles. The molecule has 1 aromatic heterocycles. The maximum atomic E-state index is 12.6. The summed E-state index contributed by atoms with van der Waals surface area (Å²) in [6, 6.07) is 11.5. The Kier molecular flexibility index (Phi) is 5.60. The highest BCUT2D eigenvalue weighted by Crippen LogP contribution is 2.24. The average Bonchev–Trinajstić information content (AvgIpc) is 3.23. The van der Waals surface area contributed by atoms with E-state index in [0.29, 0.717) is 22.3 Å². The van der Waals surface area contributed by atoms with Gasteiger partial charge >= 0.3 is 0 Å². The number of amides is 1. The van der Waals surface area contributed by atoms with E-state index in [4.69, 9.17) is 11.6 Å². The molecule has 0 atom stereocenters. The molecular formula is C21H25ClN4O. The third kappa shape index (κ3) is 4.42. The molecule has 0 aliphatic carbocycles. The van der Waals surface area contributed by atoms with Gasteiger partial charge in [0.15, 0.2) is 0 Å². The van der Waals surface area contributed by atoms with Gasteiger partial charge in [0, 0.05) is 41.6 Å². The van der Waals surface area contributed by atoms with Crippen LogP contribution in [0, 0.1) is 0 Å². The lowest BCUT2D eigenvalue weighted by Gasteiger charge is -2.37. The third-order valence-corrected chi connectivity index (χ3v) is 5.77. The standard InChI is InChI=1S/C21H25ClN4O/c22-17-4-3-5-18(15-17)24-21(27)16-6-9-23-20(14-16)26-12-7-19(8-13-26)25-10-1-2-11-25/h3-6,9,14-15,19H,1-2,7-8,10-13H2,(H,24,27). The number of carbonyl (C=O) groups is 1. The van der Waals surface area contributed by atoms with Crippen LogP contribution in [0.5, 0.6) is 0 Å². The van der Waals surface area contributed by atoms with Gasteiger partial charge in [-0.25, -0.2) is 4.98 Å². The minimum Gasteiger partial charge on any atom is -0.356 e. The highest BCUT2D eigenvalue weighted by molar-refractivity contribution is 6.30. The van der Waals surface area contributed by atoms with E-state index in [-0.39, 0.29) is 5.91 Å². The molecule has 4 rings (SSSR count). The Morgan fingerprint density at radius 2 is 1.85 bits per heavy atom. The molecule has 27 heavy (non-hydrogen) atoms. The van der Waals surface area contributed by atoms with Crippen LogP contribution in [0.4, 0.5) is 11.5 Å². The van der Waals surface area contributed by atoms with Gasteiger partial charge in [-0.2, -0.15) is 0 Å². The zero-order chi connectivity index (χ0) is 18.6. The lowest BCUT2D eigenvalue weighted by Crippen LogP contribution is -2.44. The normalized spacial score (nSPS) is 18.6. The predicted octanol–water partition coefficient (Wildman–Crippen LogP) is 4.05. The molecular weight excluding hydrogens is 360 g/mol. The first-order valence-electron chi connectivity index (χ1n) is 9.71. The zero-order valence-electron chi connectivity index (χ0n) is 15.4. The highest BCUT2D eigenvalue weighted by atomic mass is 35.5. The summed E-state index contributed by atoms with van der Waals surface area (Å²) in [7, 11) is 0. The lowest BCUT2D eigenvalue weighted by atomic mass is 10.0. The fourth-order valence-electron chi connectivity index (χ4n) is 4.07. The molecule has 2 aliphatic heterocycles. The van der Waals surface area contributed by atoms with Crippen LogP contribution in [-0.2, 0) is 0 Å². The Morgan fingerprint density at radius 3 is 2.59 bits per heavy atom. The second kappa shape index (κ2) is 8.28. The van der Waals surface area contributed by atoms with Crippen molar-refractivity contribution in [1.29, 1.82) is 0 Å². The third-order valence-electron chi connectivity index (χ3n) is 5.54. The zero-order valence-corrected chi connectivity index (χ0v) is 16.2. The van der Waals surface area contributed by atoms with Gasteiger partial charge in [0.05, 0.1) is 0 Å². The first kappa shape index (κ1) is 18.3. The second-order valence-electron chi connectivity index (χ2n) is 7.33. The van der Waals surface area contributed by atoms with Crippen molar-refractivity contribution in [3.63, 3.8) is 0 Å². The molecule has 0 spiro atoms. The number of nitrogens with one attached hydrogen (secondary N) is 1. The fraction of sp³-hybridized carbons (Fsp3) is 0.429. The topological polar surface area (TPSA) is 48.5 Å². The van der Waals surface area contributed by atoms with Crippen LogP contribution in [-0.4, -0.2) is 48.0 Å². The van der Waals surface area contributed by atoms with E-state index in [1.54, 1.807) is 24.4 Å². The number of benzene rings is 1. The molecule has 1 aromatic carbocycles. The van der Waals surface area contributed by atoms with Gasteiger partial charge in [0.1, 0.15) is 5.82 Å². The maximum Gasteiger partial charge on any atom is 0.255 e. The summed E-state index contributed by atoms with van der Waals surface area (Å²) in [6.07, 6.45) is 6.73. The summed E-state index contributed by atoms with van der Waals surface area (Å²) in [6.45, 7) is 4.49. The van der Waals surface area contributed by atoms with E-state index in [9.17, 15) is 4.79 Å². The number of aromatic nitrogens is 1. The Labute approximate surface area is 165 Å². The molecule has 142 valence electrons. The number of carbonyl (C=O) groups excluding carboxylic acids is 1. The molecule has 1 N–H and O–H groups in total. The molecule has 3 heterocycles. The van der Waals surface area contributed by atoms with E-state index in [1.807, 2.05) is 18.2 Å². The van der Waals surface area contributed by atoms with Gasteiger partial charge in [-0.1, -0.05) is 17.7 Å². The second-order valence-corrected chi connectivity index (χ2v) is 7.76. The van der Waals surface area contributed by atoms with Gasteiger partial charge in [-0.05, 0) is 69.1 Å². The molecule has 2 aromatic rings. The summed E-state index contributed by atoms with van der Waals surface area (Å²) >= 11 is 5.99. The largest absolute Gasteiger partial charge is 0.356 e. The molecule has 0 unspecified atom stereocenters. The quantitative estimate of drug-likeness (QED) is 0.863. The maximum absolute atomic E-state index is 12.6. The first-order chi connectivity index (χ1) is 13.2. The van der Waals surface area contributed by atoms with Crippen LogP contribution in [0.1, 0.15) is 36.0 Å². The molecule has 0 bridgehead atoms. The van der Waals surface area contributed by atoms with Crippen molar-refractivity contribution in [3.05, 3.63) is 53.2 Å². The lowest BCUT2D eigenvalue weighted by molar-refractivity contribution is 0.102. The number of hydrogen-bond donors (Lipinski definition) is 1. The van der Waals surface area contributed by atoms with Gasteiger partial charge in [-0.3, -0.25) is 4.79 Å². The van der Waals surface area contributed by atoms with Crippen LogP contribution in [0.25, 0.3) is 0 Å². The Balaban J connectivity index is 1.39. The van der Waals surface area contributed by atoms with E-state index in [2.05, 4.69) is 20.1 Å². The van der Waals surface area contributed by atoms with Crippen molar-refractivity contribution in [2.75, 3.05) is 36.4 Å². The first-order valence-corrected chi connectivity index (χ1v) is 10.1. The van der Waals surface area contributed by atoms with Crippen LogP contribution >= 0.6 is 11.6 Å². The van der Waals surface area contributed by atoms with E-state index in [0.717, 1.165) is 18.9 Å². The van der Waals surface area contributed by atoms with Gasteiger partial charge in [0.2, 0.25) is 0 Å². The van der Waals surface area contributed by atoms with Crippen molar-refractivity contribution in [1.82, 2.24) is 9.88 Å². The van der Waals surface area contributed by atoms with Crippen molar-refractivity contribution in [3.8, 4) is 0 Å². The number of piperidine rings is 1. The van der Waals surface area contributed by atoms with Crippen LogP contribution < -0.4 is 10.2 Å². The summed E-state index contributed by atoms with van der Waals surface area (Å²) in [4.78, 5) is 22.0. The van der Waals surface area contributed by atoms with Gasteiger partial charge < -0.3 is 15.1 Å². The number of halogens is 1. The van der Waals surface area contributed by atoms with E-state index < -0.39 is 0 Å². The van der Waals surface area contributed by atoms with Gasteiger partial charge in [0.25, 0.3) is 5.91 Å². The van der Waals surface area contributed by atoms with E-state index in [1.165, 1.54) is 38.8 Å². The Bertz CT molecular complexity index is 798. The minimum absolute atomic E-state index is 0.145. The van der Waals surface area contributed by atoms with Crippen molar-refractivity contribution in [2.24, 2.45) is 0 Å². The average molecular weight is 385 g/mol. The summed E-state index contributed by atoms with van der Waals surface area (Å²) < 4.78 is 0. The molecule has 0 saturated carbocycles. The van der Waals surface area contributed by atoms with Gasteiger partial charge in [-0.15, -0.1) is 0 Å². The molecule has 1 amide bonds. The molecule has 2 aliphatic rings. The number of pyridine rings is 1. The number of hydrogen-bond acceptors (Lipinski definition) is 4. The van der Waals surface area contributed by atoms with Crippen molar-refractivity contribution >= 4 is 29.0 Å². The Hall–Kier alpha value is -2.11. The number of nitrogens with zero attached hydrogens (tertiary/aromatic N) is 3. The van der Waals surface area contributed by atoms with E-state index >= 15 is 0 Å².